The number of nitrogens with one attached hydrogen (secondary N) is 1. The quantitative estimate of drug-likeness (QED) is 0.366. The van der Waals surface area contributed by atoms with Crippen molar-refractivity contribution >= 4 is 27.5 Å². The number of aryl methyl sites for hydroxylation is 1. The molecule has 0 radical (unpaired) electrons. The summed E-state index contributed by atoms with van der Waals surface area (Å²) in [5, 5.41) is 2.62. The van der Waals surface area contributed by atoms with E-state index in [2.05, 4.69) is 5.32 Å². The average molecular weight is 554 g/mol. The summed E-state index contributed by atoms with van der Waals surface area (Å²) in [6.45, 7) is 3.35. The molecule has 3 aromatic carbocycles. The van der Waals surface area contributed by atoms with Crippen LogP contribution in [0.4, 0.5) is 5.69 Å². The number of benzene rings is 3. The van der Waals surface area contributed by atoms with Gasteiger partial charge in [-0.3, -0.25) is 13.9 Å². The Morgan fingerprint density at radius 2 is 1.56 bits per heavy atom. The van der Waals surface area contributed by atoms with Crippen molar-refractivity contribution in [3.63, 3.8) is 0 Å². The summed E-state index contributed by atoms with van der Waals surface area (Å²) in [4.78, 5) is 28.2. The summed E-state index contributed by atoms with van der Waals surface area (Å²) in [6.07, 6.45) is 0.344. The molecule has 1 atom stereocenters. The van der Waals surface area contributed by atoms with E-state index in [1.807, 2.05) is 31.2 Å². The largest absolute Gasteiger partial charge is 0.497 e. The van der Waals surface area contributed by atoms with Crippen LogP contribution in [0.15, 0.2) is 77.7 Å². The molecule has 0 saturated carbocycles. The van der Waals surface area contributed by atoms with Crippen LogP contribution in [0.1, 0.15) is 24.5 Å². The number of amides is 2. The molecule has 208 valence electrons. The smallest absolute Gasteiger partial charge is 0.264 e. The van der Waals surface area contributed by atoms with Crippen LogP contribution in [0.5, 0.6) is 11.5 Å². The molecule has 9 nitrogen and oxygen atoms in total. The van der Waals surface area contributed by atoms with Crippen molar-refractivity contribution in [2.75, 3.05) is 32.1 Å². The Labute approximate surface area is 230 Å². The number of nitrogens with zero attached hydrogens (tertiary/aromatic N) is 2. The van der Waals surface area contributed by atoms with Crippen molar-refractivity contribution in [2.45, 2.75) is 37.8 Å². The molecule has 0 saturated heterocycles. The molecule has 0 aliphatic carbocycles. The molecule has 3 rings (SSSR count). The molecule has 0 spiro atoms. The van der Waals surface area contributed by atoms with Crippen molar-refractivity contribution in [2.24, 2.45) is 0 Å². The zero-order valence-electron chi connectivity index (χ0n) is 22.9. The summed E-state index contributed by atoms with van der Waals surface area (Å²) in [6, 6.07) is 19.3. The van der Waals surface area contributed by atoms with E-state index in [-0.39, 0.29) is 28.8 Å². The number of methoxy groups -OCH3 is 2. The molecular weight excluding hydrogens is 518 g/mol. The van der Waals surface area contributed by atoms with E-state index in [9.17, 15) is 18.0 Å². The van der Waals surface area contributed by atoms with Gasteiger partial charge in [0.25, 0.3) is 10.0 Å². The van der Waals surface area contributed by atoms with E-state index < -0.39 is 28.5 Å². The molecule has 2 amide bonds. The zero-order chi connectivity index (χ0) is 28.6. The number of hydrogen-bond donors (Lipinski definition) is 1. The number of carbonyl (C=O) groups is 2. The number of hydrogen-bond acceptors (Lipinski definition) is 6. The van der Waals surface area contributed by atoms with Gasteiger partial charge in [0.05, 0.1) is 24.8 Å². The maximum absolute atomic E-state index is 14.0. The molecule has 3 aromatic rings. The Kier molecular flexibility index (Phi) is 9.95. The molecule has 0 aliphatic heterocycles. The van der Waals surface area contributed by atoms with Crippen molar-refractivity contribution in [1.82, 2.24) is 10.2 Å². The van der Waals surface area contributed by atoms with Crippen LogP contribution in [-0.2, 0) is 26.2 Å². The fourth-order valence-corrected chi connectivity index (χ4v) is 5.63. The van der Waals surface area contributed by atoms with Crippen molar-refractivity contribution in [3.8, 4) is 11.5 Å². The molecule has 0 unspecified atom stereocenters. The lowest BCUT2D eigenvalue weighted by Crippen LogP contribution is -2.51. The van der Waals surface area contributed by atoms with Crippen LogP contribution in [0.3, 0.4) is 0 Å². The molecular formula is C29H35N3O6S. The van der Waals surface area contributed by atoms with Crippen LogP contribution >= 0.6 is 0 Å². The molecule has 39 heavy (non-hydrogen) atoms. The number of likely N-dealkylation sites (N-methyl/N-ethyl adjacent to an activating group) is 1. The second-order valence-corrected chi connectivity index (χ2v) is 10.8. The standard InChI is InChI=1S/C29H35N3O6S/c1-6-25(29(34)30-3)31(19-22-13-11-21(2)12-14-22)28(33)20-32(26-9-7-8-10-27(26)38-5)39(35,36)24-17-15-23(37-4)16-18-24/h7-18,25H,6,19-20H2,1-5H3,(H,30,34)/t25-/m1/s1. The molecule has 0 bridgehead atoms. The van der Waals surface area contributed by atoms with Gasteiger partial charge in [-0.25, -0.2) is 8.42 Å². The van der Waals surface area contributed by atoms with Crippen LogP contribution in [0.2, 0.25) is 0 Å². The normalized spacial score (nSPS) is 11.8. The Bertz CT molecular complexity index is 1370. The van der Waals surface area contributed by atoms with Gasteiger partial charge in [0.2, 0.25) is 11.8 Å². The fraction of sp³-hybridized carbons (Fsp3) is 0.310. The molecule has 0 aromatic heterocycles. The molecule has 0 fully saturated rings. The van der Waals surface area contributed by atoms with Gasteiger partial charge in [-0.2, -0.15) is 0 Å². The van der Waals surface area contributed by atoms with E-state index in [4.69, 9.17) is 9.47 Å². The first-order valence-electron chi connectivity index (χ1n) is 12.5. The summed E-state index contributed by atoms with van der Waals surface area (Å²) < 4.78 is 39.6. The molecule has 0 aliphatic rings. The van der Waals surface area contributed by atoms with Gasteiger partial charge >= 0.3 is 0 Å². The van der Waals surface area contributed by atoms with Gasteiger partial charge in [0.15, 0.2) is 0 Å². The highest BCUT2D eigenvalue weighted by Gasteiger charge is 2.34. The first kappa shape index (κ1) is 29.5. The van der Waals surface area contributed by atoms with E-state index >= 15 is 0 Å². The van der Waals surface area contributed by atoms with Gasteiger partial charge in [0.1, 0.15) is 24.1 Å². The van der Waals surface area contributed by atoms with E-state index in [1.54, 1.807) is 31.2 Å². The zero-order valence-corrected chi connectivity index (χ0v) is 23.7. The number of carbonyl (C=O) groups excluding carboxylic acids is 2. The molecule has 10 heteroatoms. The lowest BCUT2D eigenvalue weighted by atomic mass is 10.1. The topological polar surface area (TPSA) is 105 Å². The Morgan fingerprint density at radius 1 is 0.923 bits per heavy atom. The van der Waals surface area contributed by atoms with Gasteiger partial charge in [-0.15, -0.1) is 0 Å². The predicted molar refractivity (Wildman–Crippen MR) is 150 cm³/mol. The third-order valence-corrected chi connectivity index (χ3v) is 8.16. The number of rotatable bonds is 12. The maximum Gasteiger partial charge on any atom is 0.264 e. The third kappa shape index (κ3) is 6.88. The van der Waals surface area contributed by atoms with Crippen molar-refractivity contribution in [1.29, 1.82) is 0 Å². The molecule has 1 N–H and O–H groups in total. The van der Waals surface area contributed by atoms with Crippen LogP contribution in [0, 0.1) is 6.92 Å². The third-order valence-electron chi connectivity index (χ3n) is 6.39. The SMILES string of the molecule is CC[C@H](C(=O)NC)N(Cc1ccc(C)cc1)C(=O)CN(c1ccccc1OC)S(=O)(=O)c1ccc(OC)cc1. The minimum Gasteiger partial charge on any atom is -0.497 e. The lowest BCUT2D eigenvalue weighted by molar-refractivity contribution is -0.140. The second kappa shape index (κ2) is 13.1. The Balaban J connectivity index is 2.09. The predicted octanol–water partition coefficient (Wildman–Crippen LogP) is 3.76. The summed E-state index contributed by atoms with van der Waals surface area (Å²) >= 11 is 0. The summed E-state index contributed by atoms with van der Waals surface area (Å²) in [7, 11) is 0.202. The fourth-order valence-electron chi connectivity index (χ4n) is 4.20. The van der Waals surface area contributed by atoms with Crippen LogP contribution < -0.4 is 19.1 Å². The summed E-state index contributed by atoms with van der Waals surface area (Å²) in [5.74, 6) is -0.0887. The van der Waals surface area contributed by atoms with Gasteiger partial charge in [0, 0.05) is 13.6 Å². The highest BCUT2D eigenvalue weighted by molar-refractivity contribution is 7.92. The van der Waals surface area contributed by atoms with Crippen LogP contribution in [-0.4, -0.2) is 59.0 Å². The highest BCUT2D eigenvalue weighted by atomic mass is 32.2. The highest BCUT2D eigenvalue weighted by Crippen LogP contribution is 2.33. The number of para-hydroxylation sites is 2. The number of sulfonamides is 1. The number of anilines is 1. The van der Waals surface area contributed by atoms with Crippen LogP contribution in [0.25, 0.3) is 0 Å². The van der Waals surface area contributed by atoms with E-state index in [1.165, 1.54) is 50.4 Å². The van der Waals surface area contributed by atoms with E-state index in [0.29, 0.717) is 12.2 Å². The first-order valence-corrected chi connectivity index (χ1v) is 14.0. The van der Waals surface area contributed by atoms with Crippen molar-refractivity contribution < 1.29 is 27.5 Å². The second-order valence-electron chi connectivity index (χ2n) is 8.90. The van der Waals surface area contributed by atoms with Gasteiger partial charge in [-0.1, -0.05) is 48.9 Å². The number of ether oxygens (including phenoxy) is 2. The van der Waals surface area contributed by atoms with Gasteiger partial charge < -0.3 is 19.7 Å². The Morgan fingerprint density at radius 3 is 2.13 bits per heavy atom. The summed E-state index contributed by atoms with van der Waals surface area (Å²) in [5.41, 5.74) is 2.08. The first-order chi connectivity index (χ1) is 18.7. The minimum atomic E-state index is -4.23. The van der Waals surface area contributed by atoms with E-state index in [0.717, 1.165) is 15.4 Å². The monoisotopic (exact) mass is 553 g/mol. The minimum absolute atomic E-state index is 0.0227. The maximum atomic E-state index is 14.0. The lowest BCUT2D eigenvalue weighted by Gasteiger charge is -2.33. The molecule has 0 heterocycles. The average Bonchev–Trinajstić information content (AvgIpc) is 2.96. The Hall–Kier alpha value is -4.05. The van der Waals surface area contributed by atoms with Gasteiger partial charge in [-0.05, 0) is 55.3 Å². The van der Waals surface area contributed by atoms with Crippen molar-refractivity contribution in [3.05, 3.63) is 83.9 Å².